The lowest BCUT2D eigenvalue weighted by Gasteiger charge is -2.29. The van der Waals surface area contributed by atoms with Crippen LogP contribution in [0.3, 0.4) is 0 Å². The molecule has 1 rings (SSSR count). The van der Waals surface area contributed by atoms with E-state index in [-0.39, 0.29) is 16.7 Å². The van der Waals surface area contributed by atoms with Crippen LogP contribution in [0.15, 0.2) is 35.6 Å². The number of allylic oxidation sites excluding steroid dienone is 5. The lowest BCUT2D eigenvalue weighted by Crippen LogP contribution is -2.34. The van der Waals surface area contributed by atoms with Gasteiger partial charge in [0.15, 0.2) is 5.78 Å². The second kappa shape index (κ2) is 4.73. The first-order valence-corrected chi connectivity index (χ1v) is 6.16. The highest BCUT2D eigenvalue weighted by atomic mass is 16.5. The standard InChI is InChI=1S/C15H23NO2/c1-14(2,3)12-9-11(7-8-13(12)17)10-16(18)15(4,5)6/h7-10,18H,1-6H3. The Hall–Kier alpha value is -1.35. The number of rotatable bonds is 1. The number of ketones is 1. The third-order valence-electron chi connectivity index (χ3n) is 2.77. The van der Waals surface area contributed by atoms with Gasteiger partial charge in [0.25, 0.3) is 0 Å². The minimum atomic E-state index is -0.363. The molecule has 0 amide bonds. The molecule has 0 heterocycles. The van der Waals surface area contributed by atoms with Crippen molar-refractivity contribution < 1.29 is 10.0 Å². The summed E-state index contributed by atoms with van der Waals surface area (Å²) in [6.07, 6.45) is 6.78. The molecule has 1 aliphatic carbocycles. The van der Waals surface area contributed by atoms with Gasteiger partial charge in [-0.25, -0.2) is 0 Å². The fourth-order valence-electron chi connectivity index (χ4n) is 1.55. The molecule has 0 aliphatic heterocycles. The summed E-state index contributed by atoms with van der Waals surface area (Å²) < 4.78 is 0. The fourth-order valence-corrected chi connectivity index (χ4v) is 1.55. The average Bonchev–Trinajstić information content (AvgIpc) is 2.17. The van der Waals surface area contributed by atoms with E-state index in [1.165, 1.54) is 5.06 Å². The molecule has 0 spiro atoms. The maximum absolute atomic E-state index is 11.8. The predicted octanol–water partition coefficient (Wildman–Crippen LogP) is 3.47. The molecular weight excluding hydrogens is 226 g/mol. The molecule has 0 atom stereocenters. The molecule has 0 saturated carbocycles. The van der Waals surface area contributed by atoms with Crippen molar-refractivity contribution in [1.29, 1.82) is 0 Å². The van der Waals surface area contributed by atoms with Gasteiger partial charge in [0, 0.05) is 11.8 Å². The lowest BCUT2D eigenvalue weighted by molar-refractivity contribution is -0.112. The number of carbonyl (C=O) groups excluding carboxylic acids is 1. The van der Waals surface area contributed by atoms with E-state index in [2.05, 4.69) is 0 Å². The van der Waals surface area contributed by atoms with Crippen LogP contribution in [-0.4, -0.2) is 21.6 Å². The lowest BCUT2D eigenvalue weighted by atomic mass is 9.81. The maximum atomic E-state index is 11.8. The van der Waals surface area contributed by atoms with Crippen molar-refractivity contribution in [1.82, 2.24) is 5.06 Å². The summed E-state index contributed by atoms with van der Waals surface area (Å²) >= 11 is 0. The van der Waals surface area contributed by atoms with Crippen molar-refractivity contribution in [2.75, 3.05) is 0 Å². The van der Waals surface area contributed by atoms with Crippen LogP contribution in [0.4, 0.5) is 0 Å². The van der Waals surface area contributed by atoms with Gasteiger partial charge in [-0.1, -0.05) is 20.8 Å². The second-order valence-electron chi connectivity index (χ2n) is 6.65. The van der Waals surface area contributed by atoms with Gasteiger partial charge < -0.3 is 0 Å². The van der Waals surface area contributed by atoms with Crippen LogP contribution < -0.4 is 0 Å². The molecule has 0 aromatic carbocycles. The van der Waals surface area contributed by atoms with Gasteiger partial charge >= 0.3 is 0 Å². The van der Waals surface area contributed by atoms with Crippen LogP contribution in [0.2, 0.25) is 0 Å². The number of nitrogens with zero attached hydrogens (tertiary/aromatic N) is 1. The molecule has 0 saturated heterocycles. The monoisotopic (exact) mass is 249 g/mol. The molecule has 100 valence electrons. The zero-order valence-corrected chi connectivity index (χ0v) is 12.1. The zero-order valence-electron chi connectivity index (χ0n) is 12.1. The third kappa shape index (κ3) is 3.57. The van der Waals surface area contributed by atoms with Crippen LogP contribution in [0.25, 0.3) is 0 Å². The molecule has 3 heteroatoms. The van der Waals surface area contributed by atoms with Gasteiger partial charge in [-0.3, -0.25) is 15.1 Å². The van der Waals surface area contributed by atoms with Gasteiger partial charge in [0.1, 0.15) is 0 Å². The first kappa shape index (κ1) is 14.7. The van der Waals surface area contributed by atoms with Crippen molar-refractivity contribution in [3.05, 3.63) is 35.6 Å². The summed E-state index contributed by atoms with van der Waals surface area (Å²) in [6, 6.07) is 0. The van der Waals surface area contributed by atoms with E-state index < -0.39 is 0 Å². The second-order valence-corrected chi connectivity index (χ2v) is 6.65. The van der Waals surface area contributed by atoms with E-state index >= 15 is 0 Å². The Morgan fingerprint density at radius 2 is 1.67 bits per heavy atom. The Balaban J connectivity index is 3.07. The van der Waals surface area contributed by atoms with Gasteiger partial charge in [-0.15, -0.1) is 0 Å². The molecule has 0 unspecified atom stereocenters. The van der Waals surface area contributed by atoms with Crippen molar-refractivity contribution in [3.63, 3.8) is 0 Å². The largest absolute Gasteiger partial charge is 0.290 e. The molecule has 18 heavy (non-hydrogen) atoms. The highest BCUT2D eigenvalue weighted by Gasteiger charge is 2.25. The number of carbonyl (C=O) groups is 1. The van der Waals surface area contributed by atoms with Crippen LogP contribution in [0.5, 0.6) is 0 Å². The SMILES string of the molecule is CC(C)(C)C1=CC(=CN(O)C(C)(C)C)C=CC1=O. The van der Waals surface area contributed by atoms with E-state index in [1.807, 2.05) is 47.6 Å². The van der Waals surface area contributed by atoms with E-state index in [0.717, 1.165) is 11.1 Å². The van der Waals surface area contributed by atoms with Crippen LogP contribution in [-0.2, 0) is 4.79 Å². The highest BCUT2D eigenvalue weighted by Crippen LogP contribution is 2.30. The summed E-state index contributed by atoms with van der Waals surface area (Å²) in [4.78, 5) is 11.8. The van der Waals surface area contributed by atoms with Crippen LogP contribution >= 0.6 is 0 Å². The molecule has 0 bridgehead atoms. The van der Waals surface area contributed by atoms with Gasteiger partial charge in [0.2, 0.25) is 0 Å². The van der Waals surface area contributed by atoms with Gasteiger partial charge in [-0.2, -0.15) is 0 Å². The molecule has 0 aromatic rings. The van der Waals surface area contributed by atoms with Crippen LogP contribution in [0.1, 0.15) is 41.5 Å². The summed E-state index contributed by atoms with van der Waals surface area (Å²) in [6.45, 7) is 11.8. The summed E-state index contributed by atoms with van der Waals surface area (Å²) in [7, 11) is 0. The molecule has 0 aromatic heterocycles. The smallest absolute Gasteiger partial charge is 0.182 e. The normalized spacial score (nSPS) is 19.2. The van der Waals surface area contributed by atoms with Gasteiger partial charge in [0.05, 0.1) is 5.54 Å². The number of hydrogen-bond acceptors (Lipinski definition) is 3. The van der Waals surface area contributed by atoms with Crippen molar-refractivity contribution >= 4 is 5.78 Å². The Bertz CT molecular complexity index is 428. The minimum Gasteiger partial charge on any atom is -0.290 e. The first-order chi connectivity index (χ1) is 8.01. The summed E-state index contributed by atoms with van der Waals surface area (Å²) in [5.74, 6) is 0.0416. The molecular formula is C15H23NO2. The Labute approximate surface area is 109 Å². The molecule has 0 fully saturated rings. The summed E-state index contributed by atoms with van der Waals surface area (Å²) in [5.41, 5.74) is 1.04. The van der Waals surface area contributed by atoms with E-state index in [4.69, 9.17) is 0 Å². The Kier molecular flexibility index (Phi) is 3.86. The Morgan fingerprint density at radius 1 is 1.11 bits per heavy atom. The average molecular weight is 249 g/mol. The quantitative estimate of drug-likeness (QED) is 0.723. The van der Waals surface area contributed by atoms with Crippen molar-refractivity contribution in [3.8, 4) is 0 Å². The van der Waals surface area contributed by atoms with E-state index in [0.29, 0.717) is 0 Å². The molecule has 3 nitrogen and oxygen atoms in total. The zero-order chi connectivity index (χ0) is 14.1. The van der Waals surface area contributed by atoms with Gasteiger partial charge in [-0.05, 0) is 50.0 Å². The van der Waals surface area contributed by atoms with Crippen molar-refractivity contribution in [2.24, 2.45) is 5.41 Å². The molecule has 1 N–H and O–H groups in total. The Morgan fingerprint density at radius 3 is 2.11 bits per heavy atom. The fraction of sp³-hybridized carbons (Fsp3) is 0.533. The van der Waals surface area contributed by atoms with E-state index in [1.54, 1.807) is 18.4 Å². The van der Waals surface area contributed by atoms with Crippen LogP contribution in [0, 0.1) is 5.41 Å². The third-order valence-corrected chi connectivity index (χ3v) is 2.77. The highest BCUT2D eigenvalue weighted by molar-refractivity contribution is 6.06. The molecule has 1 aliphatic rings. The van der Waals surface area contributed by atoms with Crippen molar-refractivity contribution in [2.45, 2.75) is 47.1 Å². The van der Waals surface area contributed by atoms with E-state index in [9.17, 15) is 10.0 Å². The minimum absolute atomic E-state index is 0.0416. The molecule has 0 radical (unpaired) electrons. The first-order valence-electron chi connectivity index (χ1n) is 6.16. The summed E-state index contributed by atoms with van der Waals surface area (Å²) in [5, 5.41) is 11.1. The topological polar surface area (TPSA) is 40.5 Å². The number of hydroxylamine groups is 2. The maximum Gasteiger partial charge on any atom is 0.182 e. The number of hydrogen-bond donors (Lipinski definition) is 1. The predicted molar refractivity (Wildman–Crippen MR) is 73.1 cm³/mol.